The van der Waals surface area contributed by atoms with Gasteiger partial charge in [0.25, 0.3) is 0 Å². The molecule has 17 heavy (non-hydrogen) atoms. The molecule has 1 aromatic heterocycles. The Morgan fingerprint density at radius 1 is 1.47 bits per heavy atom. The molecule has 1 N–H and O–H groups in total. The van der Waals surface area contributed by atoms with E-state index < -0.39 is 5.97 Å². The van der Waals surface area contributed by atoms with Crippen LogP contribution < -0.4 is 4.74 Å². The molecule has 90 valence electrons. The number of fused-ring (bicyclic) bond motifs is 1. The van der Waals surface area contributed by atoms with Crippen molar-refractivity contribution in [2.75, 3.05) is 13.7 Å². The van der Waals surface area contributed by atoms with E-state index in [1.165, 1.54) is 0 Å². The maximum Gasteiger partial charge on any atom is 0.354 e. The number of aromatic amines is 1. The highest BCUT2D eigenvalue weighted by Gasteiger charge is 2.14. The first-order valence-corrected chi connectivity index (χ1v) is 5.57. The van der Waals surface area contributed by atoms with Gasteiger partial charge in [-0.15, -0.1) is 0 Å². The molecule has 0 aliphatic carbocycles. The van der Waals surface area contributed by atoms with Crippen LogP contribution in [0.4, 0.5) is 0 Å². The van der Waals surface area contributed by atoms with E-state index in [9.17, 15) is 4.79 Å². The summed E-state index contributed by atoms with van der Waals surface area (Å²) in [5, 5.41) is 1.23. The van der Waals surface area contributed by atoms with Crippen molar-refractivity contribution in [2.45, 2.75) is 6.92 Å². The molecule has 0 atom stereocenters. The first-order chi connectivity index (χ1) is 8.17. The summed E-state index contributed by atoms with van der Waals surface area (Å²) in [6, 6.07) is 5.22. The molecule has 2 aromatic rings. The van der Waals surface area contributed by atoms with Gasteiger partial charge < -0.3 is 14.5 Å². The van der Waals surface area contributed by atoms with Crippen LogP contribution >= 0.6 is 11.6 Å². The summed E-state index contributed by atoms with van der Waals surface area (Å²) in [7, 11) is 1.55. The van der Waals surface area contributed by atoms with E-state index in [1.807, 2.05) is 6.07 Å². The Hall–Kier alpha value is -1.68. The fourth-order valence-electron chi connectivity index (χ4n) is 1.62. The number of hydrogen-bond donors (Lipinski definition) is 1. The van der Waals surface area contributed by atoms with E-state index in [4.69, 9.17) is 21.1 Å². The number of carbonyl (C=O) groups excluding carboxylic acids is 1. The van der Waals surface area contributed by atoms with Crippen molar-refractivity contribution in [1.82, 2.24) is 4.98 Å². The van der Waals surface area contributed by atoms with E-state index in [1.54, 1.807) is 26.2 Å². The first kappa shape index (κ1) is 11.8. The molecule has 0 amide bonds. The van der Waals surface area contributed by atoms with Crippen LogP contribution in [0, 0.1) is 0 Å². The van der Waals surface area contributed by atoms with Gasteiger partial charge in [-0.3, -0.25) is 0 Å². The second-order valence-electron chi connectivity index (χ2n) is 3.45. The molecule has 0 saturated carbocycles. The summed E-state index contributed by atoms with van der Waals surface area (Å²) in [4.78, 5) is 14.5. The van der Waals surface area contributed by atoms with Crippen LogP contribution in [0.15, 0.2) is 18.2 Å². The van der Waals surface area contributed by atoms with Crippen LogP contribution in [0.2, 0.25) is 5.02 Å². The molecule has 0 fully saturated rings. The number of carbonyl (C=O) groups is 1. The van der Waals surface area contributed by atoms with Crippen LogP contribution in [0.5, 0.6) is 5.75 Å². The monoisotopic (exact) mass is 253 g/mol. The second-order valence-corrected chi connectivity index (χ2v) is 3.82. The average Bonchev–Trinajstić information content (AvgIpc) is 2.75. The van der Waals surface area contributed by atoms with Gasteiger partial charge in [0.15, 0.2) is 0 Å². The molecule has 0 aliphatic rings. The van der Waals surface area contributed by atoms with Gasteiger partial charge in [0.1, 0.15) is 11.4 Å². The number of esters is 1. The van der Waals surface area contributed by atoms with Gasteiger partial charge in [0, 0.05) is 10.9 Å². The number of rotatable bonds is 3. The minimum atomic E-state index is -0.390. The number of benzene rings is 1. The van der Waals surface area contributed by atoms with Crippen molar-refractivity contribution in [3.8, 4) is 5.75 Å². The number of halogens is 1. The quantitative estimate of drug-likeness (QED) is 0.856. The maximum atomic E-state index is 11.6. The Bertz CT molecular complexity index is 562. The Kier molecular flexibility index (Phi) is 3.24. The average molecular weight is 254 g/mol. The minimum absolute atomic E-state index is 0.339. The Morgan fingerprint density at radius 2 is 2.24 bits per heavy atom. The highest BCUT2D eigenvalue weighted by molar-refractivity contribution is 6.37. The predicted molar refractivity (Wildman–Crippen MR) is 65.8 cm³/mol. The fraction of sp³-hybridized carbons (Fsp3) is 0.250. The van der Waals surface area contributed by atoms with Crippen LogP contribution in [-0.4, -0.2) is 24.7 Å². The Labute approximate surface area is 103 Å². The summed E-state index contributed by atoms with van der Waals surface area (Å²) >= 11 is 6.14. The number of H-pyrrole nitrogens is 1. The molecule has 0 bridgehead atoms. The summed E-state index contributed by atoms with van der Waals surface area (Å²) < 4.78 is 10.0. The maximum absolute atomic E-state index is 11.6. The van der Waals surface area contributed by atoms with Gasteiger partial charge in [-0.05, 0) is 25.1 Å². The molecule has 1 aromatic carbocycles. The van der Waals surface area contributed by atoms with Crippen molar-refractivity contribution >= 4 is 28.5 Å². The highest BCUT2D eigenvalue weighted by Crippen LogP contribution is 2.33. The van der Waals surface area contributed by atoms with Gasteiger partial charge in [0.05, 0.1) is 18.7 Å². The molecule has 0 saturated heterocycles. The molecular formula is C12H12ClNO3. The lowest BCUT2D eigenvalue weighted by atomic mass is 10.2. The molecule has 0 aliphatic heterocycles. The van der Waals surface area contributed by atoms with Gasteiger partial charge in [-0.2, -0.15) is 0 Å². The lowest BCUT2D eigenvalue weighted by Crippen LogP contribution is -2.04. The second kappa shape index (κ2) is 4.67. The zero-order valence-corrected chi connectivity index (χ0v) is 10.3. The lowest BCUT2D eigenvalue weighted by Gasteiger charge is -2.02. The first-order valence-electron chi connectivity index (χ1n) is 5.19. The molecular weight excluding hydrogens is 242 g/mol. The molecule has 4 nitrogen and oxygen atoms in total. The van der Waals surface area contributed by atoms with E-state index >= 15 is 0 Å². The zero-order valence-electron chi connectivity index (χ0n) is 9.54. The number of hydrogen-bond acceptors (Lipinski definition) is 3. The molecule has 5 heteroatoms. The molecule has 0 unspecified atom stereocenters. The van der Waals surface area contributed by atoms with Crippen LogP contribution in [0.25, 0.3) is 10.9 Å². The summed E-state index contributed by atoms with van der Waals surface area (Å²) in [5.74, 6) is 0.187. The summed E-state index contributed by atoms with van der Waals surface area (Å²) in [5.41, 5.74) is 1.16. The Morgan fingerprint density at radius 3 is 2.88 bits per heavy atom. The molecule has 0 spiro atoms. The fourth-order valence-corrected chi connectivity index (χ4v) is 1.92. The number of ether oxygens (including phenoxy) is 2. The number of methoxy groups -OCH3 is 1. The normalized spacial score (nSPS) is 10.5. The third kappa shape index (κ3) is 2.08. The van der Waals surface area contributed by atoms with Gasteiger partial charge >= 0.3 is 5.97 Å². The van der Waals surface area contributed by atoms with Crippen molar-refractivity contribution < 1.29 is 14.3 Å². The van der Waals surface area contributed by atoms with E-state index in [-0.39, 0.29) is 0 Å². The highest BCUT2D eigenvalue weighted by atomic mass is 35.5. The van der Waals surface area contributed by atoms with Gasteiger partial charge in [0.2, 0.25) is 0 Å². The lowest BCUT2D eigenvalue weighted by molar-refractivity contribution is 0.0520. The minimum Gasteiger partial charge on any atom is -0.495 e. The molecule has 0 radical (unpaired) electrons. The molecule has 1 heterocycles. The zero-order chi connectivity index (χ0) is 12.4. The largest absolute Gasteiger partial charge is 0.495 e. The number of nitrogens with one attached hydrogen (secondary N) is 1. The summed E-state index contributed by atoms with van der Waals surface area (Å²) in [6.45, 7) is 2.10. The standard InChI is InChI=1S/C12H12ClNO3/c1-3-17-12(15)9-6-7-8(14-9)4-5-10(16-2)11(7)13/h4-6,14H,3H2,1-2H3. The van der Waals surface area contributed by atoms with Crippen LogP contribution in [0.3, 0.4) is 0 Å². The predicted octanol–water partition coefficient (Wildman–Crippen LogP) is 3.01. The van der Waals surface area contributed by atoms with E-state index in [0.717, 1.165) is 10.9 Å². The number of aromatic nitrogens is 1. The van der Waals surface area contributed by atoms with Gasteiger partial charge in [-0.1, -0.05) is 11.6 Å². The van der Waals surface area contributed by atoms with Crippen molar-refractivity contribution in [1.29, 1.82) is 0 Å². The SMILES string of the molecule is CCOC(=O)c1cc2c(Cl)c(OC)ccc2[nH]1. The summed E-state index contributed by atoms with van der Waals surface area (Å²) in [6.07, 6.45) is 0. The smallest absolute Gasteiger partial charge is 0.354 e. The van der Waals surface area contributed by atoms with E-state index in [2.05, 4.69) is 4.98 Å². The van der Waals surface area contributed by atoms with E-state index in [0.29, 0.717) is 23.1 Å². The van der Waals surface area contributed by atoms with Crippen LogP contribution in [0.1, 0.15) is 17.4 Å². The Balaban J connectivity index is 2.50. The molecule has 2 rings (SSSR count). The van der Waals surface area contributed by atoms with Crippen LogP contribution in [-0.2, 0) is 4.74 Å². The van der Waals surface area contributed by atoms with Crippen molar-refractivity contribution in [3.05, 3.63) is 28.9 Å². The third-order valence-electron chi connectivity index (χ3n) is 2.42. The van der Waals surface area contributed by atoms with Crippen molar-refractivity contribution in [3.63, 3.8) is 0 Å². The third-order valence-corrected chi connectivity index (χ3v) is 2.81. The topological polar surface area (TPSA) is 51.3 Å². The van der Waals surface area contributed by atoms with Crippen molar-refractivity contribution in [2.24, 2.45) is 0 Å². The van der Waals surface area contributed by atoms with Gasteiger partial charge in [-0.25, -0.2) is 4.79 Å².